The number of nitro benzene ring substituents is 1. The van der Waals surface area contributed by atoms with Crippen molar-refractivity contribution in [3.8, 4) is 0 Å². The third-order valence-electron chi connectivity index (χ3n) is 3.77. The summed E-state index contributed by atoms with van der Waals surface area (Å²) in [6.07, 6.45) is 1.95. The molecule has 3 rings (SSSR count). The summed E-state index contributed by atoms with van der Waals surface area (Å²) in [5.74, 6) is -0.264. The van der Waals surface area contributed by atoms with Gasteiger partial charge in [-0.3, -0.25) is 14.9 Å². The van der Waals surface area contributed by atoms with Crippen LogP contribution in [0.5, 0.6) is 0 Å². The van der Waals surface area contributed by atoms with E-state index in [0.717, 1.165) is 22.9 Å². The molecule has 2 aromatic rings. The van der Waals surface area contributed by atoms with Gasteiger partial charge in [0.2, 0.25) is 0 Å². The molecule has 0 heterocycles. The second-order valence-corrected chi connectivity index (χ2v) is 6.63. The Morgan fingerprint density at radius 1 is 1.21 bits per heavy atom. The summed E-state index contributed by atoms with van der Waals surface area (Å²) in [5, 5.41) is 17.2. The lowest BCUT2D eigenvalue weighted by atomic mass is 10.1. The number of hydrogen-bond acceptors (Lipinski definition) is 4. The highest BCUT2D eigenvalue weighted by molar-refractivity contribution is 9.10. The molecular formula is C17H16BrN3O3. The van der Waals surface area contributed by atoms with Crippen molar-refractivity contribution in [2.24, 2.45) is 0 Å². The second-order valence-electron chi connectivity index (χ2n) is 5.72. The number of halogens is 1. The van der Waals surface area contributed by atoms with Gasteiger partial charge in [-0.1, -0.05) is 28.1 Å². The fraction of sp³-hybridized carbons (Fsp3) is 0.235. The molecule has 0 aliphatic heterocycles. The van der Waals surface area contributed by atoms with Crippen LogP contribution >= 0.6 is 15.9 Å². The van der Waals surface area contributed by atoms with Crippen molar-refractivity contribution < 1.29 is 9.72 Å². The fourth-order valence-electron chi connectivity index (χ4n) is 2.27. The molecule has 1 aliphatic rings. The number of carbonyl (C=O) groups excluding carboxylic acids is 1. The van der Waals surface area contributed by atoms with Crippen LogP contribution in [0.4, 0.5) is 11.4 Å². The van der Waals surface area contributed by atoms with Crippen molar-refractivity contribution >= 4 is 33.2 Å². The molecule has 1 amide bonds. The van der Waals surface area contributed by atoms with E-state index in [2.05, 4.69) is 26.6 Å². The van der Waals surface area contributed by atoms with Gasteiger partial charge in [0.05, 0.1) is 4.92 Å². The summed E-state index contributed by atoms with van der Waals surface area (Å²) in [7, 11) is 0. The Morgan fingerprint density at radius 3 is 2.54 bits per heavy atom. The third-order valence-corrected chi connectivity index (χ3v) is 4.29. The van der Waals surface area contributed by atoms with Gasteiger partial charge < -0.3 is 10.6 Å². The number of nitro groups is 1. The van der Waals surface area contributed by atoms with E-state index in [1.165, 1.54) is 6.07 Å². The maximum Gasteiger partial charge on any atom is 0.293 e. The molecule has 0 bridgehead atoms. The van der Waals surface area contributed by atoms with E-state index in [9.17, 15) is 14.9 Å². The second kappa shape index (κ2) is 7.00. The van der Waals surface area contributed by atoms with E-state index in [4.69, 9.17) is 0 Å². The molecule has 124 valence electrons. The van der Waals surface area contributed by atoms with Crippen molar-refractivity contribution in [1.29, 1.82) is 0 Å². The number of anilines is 1. The van der Waals surface area contributed by atoms with Crippen molar-refractivity contribution in [2.75, 3.05) is 5.32 Å². The van der Waals surface area contributed by atoms with Gasteiger partial charge in [0, 0.05) is 28.7 Å². The number of nitrogens with zero attached hydrogens (tertiary/aromatic N) is 1. The minimum atomic E-state index is -0.474. The Hall–Kier alpha value is -2.41. The zero-order valence-electron chi connectivity index (χ0n) is 12.8. The van der Waals surface area contributed by atoms with Crippen LogP contribution in [-0.4, -0.2) is 16.9 Å². The molecule has 6 nitrogen and oxygen atoms in total. The maximum atomic E-state index is 12.0. The minimum Gasteiger partial charge on any atom is -0.375 e. The molecule has 1 saturated carbocycles. The quantitative estimate of drug-likeness (QED) is 0.580. The summed E-state index contributed by atoms with van der Waals surface area (Å²) in [6, 6.07) is 12.4. The zero-order valence-corrected chi connectivity index (χ0v) is 14.4. The summed E-state index contributed by atoms with van der Waals surface area (Å²) in [4.78, 5) is 22.9. The molecule has 0 aromatic heterocycles. The number of carbonyl (C=O) groups is 1. The van der Waals surface area contributed by atoms with Gasteiger partial charge in [0.1, 0.15) is 5.69 Å². The molecule has 0 atom stereocenters. The van der Waals surface area contributed by atoms with Crippen molar-refractivity contribution in [3.05, 3.63) is 68.2 Å². The predicted molar refractivity (Wildman–Crippen MR) is 95.1 cm³/mol. The summed E-state index contributed by atoms with van der Waals surface area (Å²) in [5.41, 5.74) is 1.60. The predicted octanol–water partition coefficient (Wildman–Crippen LogP) is 3.86. The van der Waals surface area contributed by atoms with Crippen LogP contribution in [0.3, 0.4) is 0 Å². The van der Waals surface area contributed by atoms with E-state index in [-0.39, 0.29) is 17.6 Å². The SMILES string of the molecule is O=C(NC1CC1)c1ccc(NCc2ccc(Br)cc2)c([N+](=O)[O-])c1. The summed E-state index contributed by atoms with van der Waals surface area (Å²) >= 11 is 3.37. The highest BCUT2D eigenvalue weighted by Crippen LogP contribution is 2.27. The molecule has 0 spiro atoms. The van der Waals surface area contributed by atoms with E-state index in [1.807, 2.05) is 24.3 Å². The number of rotatable bonds is 6. The first-order valence-electron chi connectivity index (χ1n) is 7.60. The van der Waals surface area contributed by atoms with Crippen LogP contribution in [0.15, 0.2) is 46.9 Å². The molecule has 0 saturated heterocycles. The van der Waals surface area contributed by atoms with Crippen LogP contribution in [0.25, 0.3) is 0 Å². The number of amides is 1. The Balaban J connectivity index is 1.75. The first kappa shape index (κ1) is 16.4. The van der Waals surface area contributed by atoms with E-state index in [1.54, 1.807) is 12.1 Å². The molecule has 0 radical (unpaired) electrons. The Bertz CT molecular complexity index is 773. The van der Waals surface area contributed by atoms with Gasteiger partial charge in [-0.15, -0.1) is 0 Å². The van der Waals surface area contributed by atoms with Crippen LogP contribution in [0.1, 0.15) is 28.8 Å². The normalized spacial score (nSPS) is 13.4. The maximum absolute atomic E-state index is 12.0. The lowest BCUT2D eigenvalue weighted by Gasteiger charge is -2.09. The fourth-order valence-corrected chi connectivity index (χ4v) is 2.53. The highest BCUT2D eigenvalue weighted by atomic mass is 79.9. The van der Waals surface area contributed by atoms with Gasteiger partial charge in [-0.2, -0.15) is 0 Å². The highest BCUT2D eigenvalue weighted by Gasteiger charge is 2.25. The third kappa shape index (κ3) is 4.11. The summed E-state index contributed by atoms with van der Waals surface area (Å²) < 4.78 is 0.975. The van der Waals surface area contributed by atoms with Gasteiger partial charge in [-0.05, 0) is 42.7 Å². The van der Waals surface area contributed by atoms with E-state index in [0.29, 0.717) is 17.8 Å². The molecule has 1 fully saturated rings. The summed E-state index contributed by atoms with van der Waals surface area (Å²) in [6.45, 7) is 0.460. The number of nitrogens with one attached hydrogen (secondary N) is 2. The van der Waals surface area contributed by atoms with Gasteiger partial charge in [-0.25, -0.2) is 0 Å². The van der Waals surface area contributed by atoms with Gasteiger partial charge >= 0.3 is 0 Å². The average Bonchev–Trinajstić information content (AvgIpc) is 3.38. The molecule has 2 N–H and O–H groups in total. The van der Waals surface area contributed by atoms with Crippen LogP contribution in [-0.2, 0) is 6.54 Å². The molecule has 7 heteroatoms. The lowest BCUT2D eigenvalue weighted by molar-refractivity contribution is -0.384. The molecule has 0 unspecified atom stereocenters. The first-order valence-corrected chi connectivity index (χ1v) is 8.40. The molecule has 2 aromatic carbocycles. The monoisotopic (exact) mass is 389 g/mol. The Morgan fingerprint density at radius 2 is 1.92 bits per heavy atom. The van der Waals surface area contributed by atoms with Crippen molar-refractivity contribution in [1.82, 2.24) is 5.32 Å². The topological polar surface area (TPSA) is 84.3 Å². The van der Waals surface area contributed by atoms with Gasteiger partial charge in [0.15, 0.2) is 0 Å². The van der Waals surface area contributed by atoms with Crippen molar-refractivity contribution in [2.45, 2.75) is 25.4 Å². The molecular weight excluding hydrogens is 374 g/mol. The zero-order chi connectivity index (χ0) is 17.1. The number of hydrogen-bond donors (Lipinski definition) is 2. The Kier molecular flexibility index (Phi) is 4.80. The Labute approximate surface area is 147 Å². The first-order chi connectivity index (χ1) is 11.5. The van der Waals surface area contributed by atoms with Crippen molar-refractivity contribution in [3.63, 3.8) is 0 Å². The molecule has 1 aliphatic carbocycles. The number of benzene rings is 2. The average molecular weight is 390 g/mol. The van der Waals surface area contributed by atoms with E-state index >= 15 is 0 Å². The van der Waals surface area contributed by atoms with E-state index < -0.39 is 4.92 Å². The van der Waals surface area contributed by atoms with Crippen LogP contribution < -0.4 is 10.6 Å². The van der Waals surface area contributed by atoms with Crippen LogP contribution in [0, 0.1) is 10.1 Å². The standard InChI is InChI=1S/C17H16BrN3O3/c18-13-4-1-11(2-5-13)10-19-15-8-3-12(9-16(15)21(23)24)17(22)20-14-6-7-14/h1-5,8-9,14,19H,6-7,10H2,(H,20,22). The van der Waals surface area contributed by atoms with Crippen LogP contribution in [0.2, 0.25) is 0 Å². The largest absolute Gasteiger partial charge is 0.375 e. The molecule has 24 heavy (non-hydrogen) atoms. The lowest BCUT2D eigenvalue weighted by Crippen LogP contribution is -2.25. The smallest absolute Gasteiger partial charge is 0.293 e. The minimum absolute atomic E-state index is 0.101. The van der Waals surface area contributed by atoms with Gasteiger partial charge in [0.25, 0.3) is 11.6 Å².